The predicted octanol–water partition coefficient (Wildman–Crippen LogP) is 4.40. The Kier molecular flexibility index (Phi) is 5.87. The van der Waals surface area contributed by atoms with Gasteiger partial charge >= 0.3 is 0 Å². The Bertz CT molecular complexity index is 360. The van der Waals surface area contributed by atoms with E-state index in [1.807, 2.05) is 0 Å². The molecule has 0 bridgehead atoms. The molecule has 0 heterocycles. The van der Waals surface area contributed by atoms with Gasteiger partial charge in [0, 0.05) is 5.54 Å². The number of unbranched alkanes of at least 4 members (excludes halogenated alkanes) is 2. The maximum atomic E-state index is 3.54. The predicted molar refractivity (Wildman–Crippen MR) is 81.2 cm³/mol. The Hall–Kier alpha value is -0.820. The number of nitrogens with one attached hydrogen (secondary N) is 1. The van der Waals surface area contributed by atoms with Crippen molar-refractivity contribution in [3.8, 4) is 0 Å². The second kappa shape index (κ2) is 6.94. The molecule has 0 aliphatic carbocycles. The maximum absolute atomic E-state index is 3.54. The summed E-state index contributed by atoms with van der Waals surface area (Å²) in [5.41, 5.74) is 4.56. The number of hydrogen-bond donors (Lipinski definition) is 1. The first kappa shape index (κ1) is 15.2. The largest absolute Gasteiger partial charge is 0.312 e. The van der Waals surface area contributed by atoms with Crippen molar-refractivity contribution in [1.29, 1.82) is 0 Å². The normalized spacial score (nSPS) is 11.8. The minimum absolute atomic E-state index is 0.258. The lowest BCUT2D eigenvalue weighted by atomic mass is 10.0. The molecule has 0 amide bonds. The van der Waals surface area contributed by atoms with Crippen LogP contribution in [0.5, 0.6) is 0 Å². The van der Waals surface area contributed by atoms with E-state index in [9.17, 15) is 0 Å². The summed E-state index contributed by atoms with van der Waals surface area (Å²) in [5.74, 6) is 0. The summed E-state index contributed by atoms with van der Waals surface area (Å²) < 4.78 is 0. The van der Waals surface area contributed by atoms with Gasteiger partial charge in [0.05, 0.1) is 0 Å². The number of rotatable bonds is 6. The van der Waals surface area contributed by atoms with Crippen molar-refractivity contribution in [2.45, 2.75) is 65.8 Å². The van der Waals surface area contributed by atoms with E-state index in [4.69, 9.17) is 0 Å². The van der Waals surface area contributed by atoms with Crippen LogP contribution in [0.3, 0.4) is 0 Å². The minimum atomic E-state index is 0.258. The third-order valence-electron chi connectivity index (χ3n) is 3.37. The second-order valence-corrected chi connectivity index (χ2v) is 6.41. The van der Waals surface area contributed by atoms with Crippen LogP contribution in [0.15, 0.2) is 18.2 Å². The van der Waals surface area contributed by atoms with Gasteiger partial charge in [0.1, 0.15) is 0 Å². The van der Waals surface area contributed by atoms with Crippen molar-refractivity contribution in [2.75, 3.05) is 6.54 Å². The standard InChI is InChI=1S/C17H29N/c1-14-10-11-16(13-15(14)2)9-7-6-8-12-18-17(3,4)5/h10-11,13,18H,6-9,12H2,1-5H3. The summed E-state index contributed by atoms with van der Waals surface area (Å²) in [7, 11) is 0. The third kappa shape index (κ3) is 6.20. The molecule has 1 aromatic carbocycles. The summed E-state index contributed by atoms with van der Waals surface area (Å²) in [6.07, 6.45) is 5.11. The fourth-order valence-electron chi connectivity index (χ4n) is 2.05. The van der Waals surface area contributed by atoms with Crippen molar-refractivity contribution < 1.29 is 0 Å². The van der Waals surface area contributed by atoms with Crippen molar-refractivity contribution in [3.63, 3.8) is 0 Å². The Morgan fingerprint density at radius 3 is 2.28 bits per heavy atom. The summed E-state index contributed by atoms with van der Waals surface area (Å²) in [4.78, 5) is 0. The highest BCUT2D eigenvalue weighted by atomic mass is 14.9. The average molecular weight is 247 g/mol. The van der Waals surface area contributed by atoms with E-state index in [1.165, 1.54) is 42.4 Å². The highest BCUT2D eigenvalue weighted by Gasteiger charge is 2.06. The van der Waals surface area contributed by atoms with Crippen molar-refractivity contribution >= 4 is 0 Å². The van der Waals surface area contributed by atoms with E-state index < -0.39 is 0 Å². The molecule has 1 rings (SSSR count). The molecule has 0 aromatic heterocycles. The van der Waals surface area contributed by atoms with Crippen LogP contribution in [0, 0.1) is 13.8 Å². The van der Waals surface area contributed by atoms with Gasteiger partial charge in [0.25, 0.3) is 0 Å². The molecule has 0 aliphatic heterocycles. The molecule has 1 heteroatoms. The lowest BCUT2D eigenvalue weighted by Crippen LogP contribution is -2.36. The Morgan fingerprint density at radius 2 is 1.67 bits per heavy atom. The summed E-state index contributed by atoms with van der Waals surface area (Å²) >= 11 is 0. The molecule has 1 N–H and O–H groups in total. The van der Waals surface area contributed by atoms with E-state index in [1.54, 1.807) is 0 Å². The summed E-state index contributed by atoms with van der Waals surface area (Å²) in [6.45, 7) is 12.2. The molecule has 0 radical (unpaired) electrons. The molecule has 1 aromatic rings. The molecule has 0 aliphatic rings. The van der Waals surface area contributed by atoms with Gasteiger partial charge in [-0.25, -0.2) is 0 Å². The van der Waals surface area contributed by atoms with Gasteiger partial charge in [0.2, 0.25) is 0 Å². The van der Waals surface area contributed by atoms with Crippen LogP contribution in [-0.4, -0.2) is 12.1 Å². The van der Waals surface area contributed by atoms with Crippen LogP contribution in [0.25, 0.3) is 0 Å². The molecule has 0 saturated heterocycles. The molecule has 0 spiro atoms. The summed E-state index contributed by atoms with van der Waals surface area (Å²) in [6, 6.07) is 6.85. The SMILES string of the molecule is Cc1ccc(CCCCCNC(C)(C)C)cc1C. The van der Waals surface area contributed by atoms with E-state index in [-0.39, 0.29) is 5.54 Å². The van der Waals surface area contributed by atoms with Gasteiger partial charge in [-0.1, -0.05) is 24.6 Å². The number of hydrogen-bond acceptors (Lipinski definition) is 1. The lowest BCUT2D eigenvalue weighted by Gasteiger charge is -2.20. The monoisotopic (exact) mass is 247 g/mol. The molecule has 0 atom stereocenters. The molecule has 102 valence electrons. The van der Waals surface area contributed by atoms with Crippen LogP contribution in [0.4, 0.5) is 0 Å². The Labute approximate surface area is 113 Å². The lowest BCUT2D eigenvalue weighted by molar-refractivity contribution is 0.417. The minimum Gasteiger partial charge on any atom is -0.312 e. The Morgan fingerprint density at radius 1 is 0.944 bits per heavy atom. The molecular formula is C17H29N. The molecule has 0 unspecified atom stereocenters. The van der Waals surface area contributed by atoms with E-state index >= 15 is 0 Å². The number of benzene rings is 1. The van der Waals surface area contributed by atoms with E-state index in [2.05, 4.69) is 58.1 Å². The number of aryl methyl sites for hydroxylation is 3. The topological polar surface area (TPSA) is 12.0 Å². The zero-order valence-electron chi connectivity index (χ0n) is 12.8. The molecule has 0 fully saturated rings. The highest BCUT2D eigenvalue weighted by Crippen LogP contribution is 2.12. The van der Waals surface area contributed by atoms with Gasteiger partial charge in [-0.15, -0.1) is 0 Å². The molecule has 0 saturated carbocycles. The van der Waals surface area contributed by atoms with Gasteiger partial charge in [-0.2, -0.15) is 0 Å². The molecule has 1 nitrogen and oxygen atoms in total. The van der Waals surface area contributed by atoms with Gasteiger partial charge in [0.15, 0.2) is 0 Å². The van der Waals surface area contributed by atoms with Crippen molar-refractivity contribution in [2.24, 2.45) is 0 Å². The fraction of sp³-hybridized carbons (Fsp3) is 0.647. The van der Waals surface area contributed by atoms with E-state index in [0.29, 0.717) is 0 Å². The zero-order chi connectivity index (χ0) is 13.6. The smallest absolute Gasteiger partial charge is 0.00965 e. The zero-order valence-corrected chi connectivity index (χ0v) is 12.8. The van der Waals surface area contributed by atoms with Crippen molar-refractivity contribution in [3.05, 3.63) is 34.9 Å². The third-order valence-corrected chi connectivity index (χ3v) is 3.37. The maximum Gasteiger partial charge on any atom is 0.00965 e. The van der Waals surface area contributed by atoms with Crippen LogP contribution in [-0.2, 0) is 6.42 Å². The second-order valence-electron chi connectivity index (χ2n) is 6.41. The fourth-order valence-corrected chi connectivity index (χ4v) is 2.05. The first-order valence-corrected chi connectivity index (χ1v) is 7.20. The van der Waals surface area contributed by atoms with Gasteiger partial charge in [-0.3, -0.25) is 0 Å². The first-order chi connectivity index (χ1) is 8.38. The molecular weight excluding hydrogens is 218 g/mol. The van der Waals surface area contributed by atoms with Gasteiger partial charge < -0.3 is 5.32 Å². The summed E-state index contributed by atoms with van der Waals surface area (Å²) in [5, 5.41) is 3.54. The van der Waals surface area contributed by atoms with Crippen LogP contribution in [0.2, 0.25) is 0 Å². The highest BCUT2D eigenvalue weighted by molar-refractivity contribution is 5.29. The Balaban J connectivity index is 2.16. The van der Waals surface area contributed by atoms with Crippen LogP contribution in [0.1, 0.15) is 56.7 Å². The van der Waals surface area contributed by atoms with E-state index in [0.717, 1.165) is 6.54 Å². The average Bonchev–Trinajstić information content (AvgIpc) is 2.26. The first-order valence-electron chi connectivity index (χ1n) is 7.20. The van der Waals surface area contributed by atoms with Crippen LogP contribution >= 0.6 is 0 Å². The quantitative estimate of drug-likeness (QED) is 0.734. The van der Waals surface area contributed by atoms with Gasteiger partial charge in [-0.05, 0) is 77.1 Å². The van der Waals surface area contributed by atoms with Crippen LogP contribution < -0.4 is 5.32 Å². The van der Waals surface area contributed by atoms with Crippen molar-refractivity contribution in [1.82, 2.24) is 5.32 Å². The molecule has 18 heavy (non-hydrogen) atoms.